The van der Waals surface area contributed by atoms with E-state index in [1.165, 1.54) is 11.9 Å². The van der Waals surface area contributed by atoms with Crippen molar-refractivity contribution in [1.29, 1.82) is 0 Å². The Labute approximate surface area is 183 Å². The number of para-hydroxylation sites is 3. The summed E-state index contributed by atoms with van der Waals surface area (Å²) in [5.74, 6) is 0.543. The molecule has 0 atom stereocenters. The lowest BCUT2D eigenvalue weighted by molar-refractivity contribution is -0.136. The molecule has 31 heavy (non-hydrogen) atoms. The highest BCUT2D eigenvalue weighted by molar-refractivity contribution is 8.00. The second-order valence-electron chi connectivity index (χ2n) is 6.83. The van der Waals surface area contributed by atoms with Crippen LogP contribution in [-0.4, -0.2) is 45.5 Å². The molecule has 0 unspecified atom stereocenters. The maximum absolute atomic E-state index is 12.9. The molecule has 158 valence electrons. The molecule has 0 aliphatic carbocycles. The Kier molecular flexibility index (Phi) is 6.03. The number of methoxy groups -OCH3 is 1. The van der Waals surface area contributed by atoms with Crippen LogP contribution in [-0.2, 0) is 9.53 Å². The van der Waals surface area contributed by atoms with Crippen molar-refractivity contribution >= 4 is 35.0 Å². The lowest BCUT2D eigenvalue weighted by Crippen LogP contribution is -2.16. The molecule has 0 radical (unpaired) electrons. The topological polar surface area (TPSA) is 98.1 Å². The summed E-state index contributed by atoms with van der Waals surface area (Å²) in [6, 6.07) is 16.7. The summed E-state index contributed by atoms with van der Waals surface area (Å²) in [5, 5.41) is 14.9. The number of rotatable bonds is 6. The molecule has 1 amide bonds. The predicted octanol–water partition coefficient (Wildman–Crippen LogP) is 3.41. The Bertz CT molecular complexity index is 1160. The molecule has 0 fully saturated rings. The molecule has 1 aliphatic rings. The Morgan fingerprint density at radius 3 is 2.45 bits per heavy atom. The average Bonchev–Trinajstić information content (AvgIpc) is 3.42. The van der Waals surface area contributed by atoms with E-state index in [1.807, 2.05) is 48.5 Å². The van der Waals surface area contributed by atoms with Crippen molar-refractivity contribution in [3.05, 3.63) is 77.3 Å². The Morgan fingerprint density at radius 1 is 1.00 bits per heavy atom. The Balaban J connectivity index is 1.57. The molecule has 0 bridgehead atoms. The van der Waals surface area contributed by atoms with E-state index in [4.69, 9.17) is 4.74 Å². The first kappa shape index (κ1) is 20.7. The monoisotopic (exact) mass is 435 g/mol. The van der Waals surface area contributed by atoms with Gasteiger partial charge in [-0.05, 0) is 31.2 Å². The smallest absolute Gasteiger partial charge is 0.336 e. The molecule has 8 nitrogen and oxygen atoms in total. The number of esters is 1. The van der Waals surface area contributed by atoms with Crippen LogP contribution in [0.15, 0.2) is 65.9 Å². The van der Waals surface area contributed by atoms with Crippen LogP contribution in [0.4, 0.5) is 11.4 Å². The second kappa shape index (κ2) is 9.05. The van der Waals surface area contributed by atoms with E-state index in [2.05, 4.69) is 20.8 Å². The first-order valence-corrected chi connectivity index (χ1v) is 10.8. The van der Waals surface area contributed by atoms with Gasteiger partial charge in [0.25, 0.3) is 5.91 Å². The van der Waals surface area contributed by atoms with Gasteiger partial charge in [-0.25, -0.2) is 4.79 Å². The number of hydrogen-bond acceptors (Lipinski definition) is 7. The summed E-state index contributed by atoms with van der Waals surface area (Å²) in [5.41, 5.74) is 4.18. The number of anilines is 2. The molecule has 4 rings (SSSR count). The first-order valence-electron chi connectivity index (χ1n) is 9.61. The van der Waals surface area contributed by atoms with Gasteiger partial charge in [0.15, 0.2) is 5.69 Å². The molecule has 0 saturated heterocycles. The van der Waals surface area contributed by atoms with Gasteiger partial charge in [0, 0.05) is 17.2 Å². The molecule has 2 heterocycles. The van der Waals surface area contributed by atoms with E-state index in [0.29, 0.717) is 34.1 Å². The van der Waals surface area contributed by atoms with Crippen molar-refractivity contribution in [2.75, 3.05) is 29.2 Å². The van der Waals surface area contributed by atoms with Crippen LogP contribution in [0.2, 0.25) is 0 Å². The maximum atomic E-state index is 12.9. The Morgan fingerprint density at radius 2 is 1.71 bits per heavy atom. The number of aryl methyl sites for hydroxylation is 1. The minimum Gasteiger partial charge on any atom is -0.466 e. The quantitative estimate of drug-likeness (QED) is 0.573. The zero-order valence-corrected chi connectivity index (χ0v) is 17.9. The number of nitrogens with zero attached hydrogens (tertiary/aromatic N) is 3. The third-order valence-electron chi connectivity index (χ3n) is 4.73. The maximum Gasteiger partial charge on any atom is 0.336 e. The summed E-state index contributed by atoms with van der Waals surface area (Å²) in [7, 11) is 1.37. The van der Waals surface area contributed by atoms with Gasteiger partial charge < -0.3 is 15.4 Å². The second-order valence-corrected chi connectivity index (χ2v) is 7.81. The number of nitrogens with one attached hydrogen (secondary N) is 2. The highest BCUT2D eigenvalue weighted by Crippen LogP contribution is 2.30. The van der Waals surface area contributed by atoms with E-state index in [9.17, 15) is 9.59 Å². The van der Waals surface area contributed by atoms with Crippen molar-refractivity contribution < 1.29 is 14.3 Å². The fourth-order valence-corrected chi connectivity index (χ4v) is 4.21. The minimum absolute atomic E-state index is 0.240. The van der Waals surface area contributed by atoms with Crippen LogP contribution in [0.1, 0.15) is 16.2 Å². The largest absolute Gasteiger partial charge is 0.466 e. The number of thioether (sulfide) groups is 1. The fourth-order valence-electron chi connectivity index (χ4n) is 3.16. The predicted molar refractivity (Wildman–Crippen MR) is 120 cm³/mol. The van der Waals surface area contributed by atoms with Gasteiger partial charge in [0.1, 0.15) is 0 Å². The fraction of sp³-hybridized carbons (Fsp3) is 0.182. The van der Waals surface area contributed by atoms with E-state index in [0.717, 1.165) is 11.4 Å². The van der Waals surface area contributed by atoms with Gasteiger partial charge in [-0.1, -0.05) is 30.3 Å². The van der Waals surface area contributed by atoms with Crippen LogP contribution in [0.5, 0.6) is 0 Å². The molecule has 2 N–H and O–H groups in total. The van der Waals surface area contributed by atoms with Gasteiger partial charge in [0.05, 0.1) is 35.4 Å². The number of amides is 1. The number of benzene rings is 2. The van der Waals surface area contributed by atoms with Crippen molar-refractivity contribution in [2.24, 2.45) is 0 Å². The Hall–Kier alpha value is -3.59. The lowest BCUT2D eigenvalue weighted by atomic mass is 10.2. The highest BCUT2D eigenvalue weighted by atomic mass is 32.2. The molecule has 1 aromatic heterocycles. The molecule has 0 saturated carbocycles. The van der Waals surface area contributed by atoms with Crippen LogP contribution in [0, 0.1) is 6.92 Å². The summed E-state index contributed by atoms with van der Waals surface area (Å²) in [6.07, 6.45) is 0. The summed E-state index contributed by atoms with van der Waals surface area (Å²) < 4.78 is 4.87. The number of ether oxygens (including phenoxy) is 1. The van der Waals surface area contributed by atoms with Crippen LogP contribution in [0.25, 0.3) is 5.69 Å². The minimum atomic E-state index is -0.364. The molecule has 1 aliphatic heterocycles. The van der Waals surface area contributed by atoms with E-state index >= 15 is 0 Å². The van der Waals surface area contributed by atoms with Crippen molar-refractivity contribution in [3.8, 4) is 5.69 Å². The zero-order valence-electron chi connectivity index (χ0n) is 17.1. The molecule has 2 aromatic carbocycles. The summed E-state index contributed by atoms with van der Waals surface area (Å²) >= 11 is 1.63. The van der Waals surface area contributed by atoms with Gasteiger partial charge in [-0.15, -0.1) is 5.10 Å². The third-order valence-corrected chi connectivity index (χ3v) is 5.72. The SMILES string of the molecule is COC(=O)C1=C(Nc2ccccc2NC(=O)c2nn(-c3ccccc3)nc2C)CSC1. The van der Waals surface area contributed by atoms with E-state index in [-0.39, 0.29) is 17.6 Å². The lowest BCUT2D eigenvalue weighted by Gasteiger charge is -2.14. The van der Waals surface area contributed by atoms with Crippen LogP contribution in [0.3, 0.4) is 0 Å². The van der Waals surface area contributed by atoms with Crippen LogP contribution < -0.4 is 10.6 Å². The standard InChI is InChI=1S/C22H21N5O3S/c1-14-20(26-27(25-14)15-8-4-3-5-9-15)21(28)24-18-11-7-6-10-17(18)23-19-13-31-12-16(19)22(29)30-2/h3-11,23H,12-13H2,1-2H3,(H,24,28). The van der Waals surface area contributed by atoms with E-state index in [1.54, 1.807) is 24.8 Å². The summed E-state index contributed by atoms with van der Waals surface area (Å²) in [4.78, 5) is 26.4. The first-order chi connectivity index (χ1) is 15.1. The zero-order chi connectivity index (χ0) is 21.8. The number of carbonyl (C=O) groups is 2. The number of hydrogen-bond donors (Lipinski definition) is 2. The van der Waals surface area contributed by atoms with Crippen molar-refractivity contribution in [2.45, 2.75) is 6.92 Å². The van der Waals surface area contributed by atoms with E-state index < -0.39 is 0 Å². The highest BCUT2D eigenvalue weighted by Gasteiger charge is 2.23. The van der Waals surface area contributed by atoms with Gasteiger partial charge >= 0.3 is 5.97 Å². The normalized spacial score (nSPS) is 13.2. The average molecular weight is 436 g/mol. The summed E-state index contributed by atoms with van der Waals surface area (Å²) in [6.45, 7) is 1.74. The molecule has 0 spiro atoms. The number of aromatic nitrogens is 3. The molecular weight excluding hydrogens is 414 g/mol. The molecular formula is C22H21N5O3S. The molecule has 3 aromatic rings. The number of carbonyl (C=O) groups excluding carboxylic acids is 2. The third kappa shape index (κ3) is 4.46. The van der Waals surface area contributed by atoms with Gasteiger partial charge in [-0.2, -0.15) is 21.7 Å². The van der Waals surface area contributed by atoms with Crippen molar-refractivity contribution in [3.63, 3.8) is 0 Å². The van der Waals surface area contributed by atoms with Gasteiger partial charge in [-0.3, -0.25) is 4.79 Å². The molecule has 9 heteroatoms. The van der Waals surface area contributed by atoms with Gasteiger partial charge in [0.2, 0.25) is 0 Å². The van der Waals surface area contributed by atoms with Crippen LogP contribution >= 0.6 is 11.8 Å². The van der Waals surface area contributed by atoms with Crippen molar-refractivity contribution in [1.82, 2.24) is 15.0 Å².